The number of primary amides is 1. The highest BCUT2D eigenvalue weighted by atomic mass is 16.5. The van der Waals surface area contributed by atoms with Crippen LogP contribution in [0, 0.1) is 0 Å². The van der Waals surface area contributed by atoms with E-state index in [-0.39, 0.29) is 6.54 Å². The van der Waals surface area contributed by atoms with Crippen molar-refractivity contribution >= 4 is 17.5 Å². The molecule has 7 nitrogen and oxygen atoms in total. The summed E-state index contributed by atoms with van der Waals surface area (Å²) in [5, 5.41) is 2.94. The van der Waals surface area contributed by atoms with Crippen LogP contribution in [-0.4, -0.2) is 43.1 Å². The molecule has 1 rings (SSSR count). The molecule has 1 amide bonds. The highest BCUT2D eigenvalue weighted by molar-refractivity contribution is 5.79. The topological polar surface area (TPSA) is 93.4 Å². The average molecular weight is 253 g/mol. The van der Waals surface area contributed by atoms with E-state index in [0.29, 0.717) is 30.7 Å². The van der Waals surface area contributed by atoms with Crippen LogP contribution in [0.1, 0.15) is 12.7 Å². The van der Waals surface area contributed by atoms with Gasteiger partial charge in [-0.05, 0) is 6.92 Å². The first-order valence-electron chi connectivity index (χ1n) is 5.69. The molecule has 0 aliphatic carbocycles. The van der Waals surface area contributed by atoms with Crippen LogP contribution in [0.5, 0.6) is 0 Å². The van der Waals surface area contributed by atoms with Crippen LogP contribution in [0.25, 0.3) is 0 Å². The van der Waals surface area contributed by atoms with Gasteiger partial charge in [-0.15, -0.1) is 0 Å². The molecule has 7 heteroatoms. The first-order valence-corrected chi connectivity index (χ1v) is 5.69. The Hall–Kier alpha value is -1.89. The lowest BCUT2D eigenvalue weighted by Crippen LogP contribution is -2.31. The van der Waals surface area contributed by atoms with Gasteiger partial charge in [0.15, 0.2) is 5.82 Å². The van der Waals surface area contributed by atoms with Crippen molar-refractivity contribution in [1.29, 1.82) is 0 Å². The summed E-state index contributed by atoms with van der Waals surface area (Å²) in [5.74, 6) is 1.46. The van der Waals surface area contributed by atoms with Crippen molar-refractivity contribution < 1.29 is 9.53 Å². The Balaban J connectivity index is 2.92. The van der Waals surface area contributed by atoms with Crippen LogP contribution < -0.4 is 16.0 Å². The van der Waals surface area contributed by atoms with E-state index in [4.69, 9.17) is 10.5 Å². The van der Waals surface area contributed by atoms with Gasteiger partial charge in [0, 0.05) is 26.8 Å². The van der Waals surface area contributed by atoms with E-state index >= 15 is 0 Å². The molecule has 18 heavy (non-hydrogen) atoms. The molecule has 0 atom stereocenters. The summed E-state index contributed by atoms with van der Waals surface area (Å²) in [6.45, 7) is 2.94. The molecule has 0 saturated heterocycles. The van der Waals surface area contributed by atoms with Crippen molar-refractivity contribution in [2.24, 2.45) is 5.73 Å². The number of likely N-dealkylation sites (N-methyl/N-ethyl adjacent to an activating group) is 1. The summed E-state index contributed by atoms with van der Waals surface area (Å²) in [6.07, 6.45) is 0. The number of nitrogens with zero attached hydrogens (tertiary/aromatic N) is 3. The highest BCUT2D eigenvalue weighted by Gasteiger charge is 2.09. The molecule has 1 aromatic rings. The van der Waals surface area contributed by atoms with Gasteiger partial charge in [-0.2, -0.15) is 0 Å². The number of hydrogen-bond donors (Lipinski definition) is 2. The molecule has 0 fully saturated rings. The molecule has 0 spiro atoms. The molecule has 0 aromatic carbocycles. The van der Waals surface area contributed by atoms with Gasteiger partial charge in [-0.3, -0.25) is 4.79 Å². The van der Waals surface area contributed by atoms with Crippen LogP contribution in [0.2, 0.25) is 0 Å². The molecule has 0 unspecified atom stereocenters. The second kappa shape index (κ2) is 6.75. The Morgan fingerprint density at radius 2 is 2.28 bits per heavy atom. The van der Waals surface area contributed by atoms with Crippen LogP contribution in [0.15, 0.2) is 6.07 Å². The molecule has 0 aliphatic heterocycles. The zero-order valence-electron chi connectivity index (χ0n) is 10.9. The van der Waals surface area contributed by atoms with Crippen LogP contribution in [-0.2, 0) is 16.1 Å². The molecule has 0 aliphatic rings. The third-order valence-corrected chi connectivity index (χ3v) is 2.23. The molecule has 0 bridgehead atoms. The van der Waals surface area contributed by atoms with Crippen molar-refractivity contribution in [3.63, 3.8) is 0 Å². The minimum Gasteiger partial charge on any atom is -0.374 e. The molecule has 100 valence electrons. The van der Waals surface area contributed by atoms with Gasteiger partial charge in [-0.1, -0.05) is 0 Å². The summed E-state index contributed by atoms with van der Waals surface area (Å²) in [4.78, 5) is 21.1. The Bertz CT molecular complexity index is 410. The number of carbonyl (C=O) groups is 1. The monoisotopic (exact) mass is 253 g/mol. The zero-order valence-corrected chi connectivity index (χ0v) is 10.9. The van der Waals surface area contributed by atoms with Crippen molar-refractivity contribution in [2.45, 2.75) is 13.5 Å². The van der Waals surface area contributed by atoms with Crippen LogP contribution in [0.4, 0.5) is 11.6 Å². The van der Waals surface area contributed by atoms with E-state index in [9.17, 15) is 4.79 Å². The molecule has 3 N–H and O–H groups in total. The van der Waals surface area contributed by atoms with E-state index in [2.05, 4.69) is 15.3 Å². The second-order valence-corrected chi connectivity index (χ2v) is 3.74. The lowest BCUT2D eigenvalue weighted by atomic mass is 10.4. The van der Waals surface area contributed by atoms with Gasteiger partial charge < -0.3 is 20.7 Å². The average Bonchev–Trinajstić information content (AvgIpc) is 2.35. The maximum atomic E-state index is 10.9. The van der Waals surface area contributed by atoms with Gasteiger partial charge in [0.1, 0.15) is 18.2 Å². The Morgan fingerprint density at radius 3 is 2.83 bits per heavy atom. The number of nitrogens with two attached hydrogens (primary N) is 1. The lowest BCUT2D eigenvalue weighted by molar-refractivity contribution is -0.116. The summed E-state index contributed by atoms with van der Waals surface area (Å²) in [6, 6.07) is 1.75. The number of anilines is 2. The summed E-state index contributed by atoms with van der Waals surface area (Å²) in [5.41, 5.74) is 5.16. The van der Waals surface area contributed by atoms with E-state index in [0.717, 1.165) is 0 Å². The molecule has 1 heterocycles. The van der Waals surface area contributed by atoms with E-state index in [1.807, 2.05) is 6.92 Å². The van der Waals surface area contributed by atoms with E-state index in [1.54, 1.807) is 25.1 Å². The van der Waals surface area contributed by atoms with Gasteiger partial charge in [0.25, 0.3) is 0 Å². The quantitative estimate of drug-likeness (QED) is 0.709. The van der Waals surface area contributed by atoms with Crippen molar-refractivity contribution in [1.82, 2.24) is 9.97 Å². The zero-order chi connectivity index (χ0) is 13.5. The maximum absolute atomic E-state index is 10.9. The highest BCUT2D eigenvalue weighted by Crippen LogP contribution is 2.14. The molecule has 1 aromatic heterocycles. The second-order valence-electron chi connectivity index (χ2n) is 3.74. The van der Waals surface area contributed by atoms with Crippen LogP contribution in [0.3, 0.4) is 0 Å². The summed E-state index contributed by atoms with van der Waals surface area (Å²) < 4.78 is 5.27. The van der Waals surface area contributed by atoms with Gasteiger partial charge in [0.05, 0.1) is 6.54 Å². The summed E-state index contributed by atoms with van der Waals surface area (Å²) >= 11 is 0. The third-order valence-electron chi connectivity index (χ3n) is 2.23. The van der Waals surface area contributed by atoms with Crippen molar-refractivity contribution in [3.05, 3.63) is 11.9 Å². The minimum absolute atomic E-state index is 0.105. The lowest BCUT2D eigenvalue weighted by Gasteiger charge is -2.17. The van der Waals surface area contributed by atoms with Crippen molar-refractivity contribution in [3.8, 4) is 0 Å². The fourth-order valence-corrected chi connectivity index (χ4v) is 1.38. The Labute approximate surface area is 106 Å². The number of aromatic nitrogens is 2. The fourth-order valence-electron chi connectivity index (χ4n) is 1.38. The predicted molar refractivity (Wildman–Crippen MR) is 69.4 cm³/mol. The van der Waals surface area contributed by atoms with Gasteiger partial charge >= 0.3 is 0 Å². The minimum atomic E-state index is -0.409. The number of amides is 1. The number of hydrogen-bond acceptors (Lipinski definition) is 6. The number of carbonyl (C=O) groups excluding carboxylic acids is 1. The predicted octanol–water partition coefficient (Wildman–Crippen LogP) is -0.0237. The third kappa shape index (κ3) is 4.17. The maximum Gasteiger partial charge on any atom is 0.236 e. The Kier molecular flexibility index (Phi) is 5.31. The molecule has 0 saturated carbocycles. The first kappa shape index (κ1) is 14.2. The SMILES string of the molecule is CCOCc1nc(NC)cc(N(C)CC(N)=O)n1. The number of nitrogens with one attached hydrogen (secondary N) is 1. The van der Waals surface area contributed by atoms with E-state index in [1.165, 1.54) is 0 Å². The number of rotatable bonds is 7. The van der Waals surface area contributed by atoms with E-state index < -0.39 is 5.91 Å². The first-order chi connectivity index (χ1) is 8.56. The molecular weight excluding hydrogens is 234 g/mol. The molecule has 0 radical (unpaired) electrons. The van der Waals surface area contributed by atoms with Gasteiger partial charge in [0.2, 0.25) is 5.91 Å². The summed E-state index contributed by atoms with van der Waals surface area (Å²) in [7, 11) is 3.52. The van der Waals surface area contributed by atoms with Crippen molar-refractivity contribution in [2.75, 3.05) is 37.5 Å². The molecular formula is C11H19N5O2. The number of ether oxygens (including phenoxy) is 1. The standard InChI is InChI=1S/C11H19N5O2/c1-4-18-7-10-14-9(13-2)5-11(15-10)16(3)6-8(12)17/h5H,4,6-7H2,1-3H3,(H2,12,17)(H,13,14,15). The smallest absolute Gasteiger partial charge is 0.236 e. The normalized spacial score (nSPS) is 10.2. The fraction of sp³-hybridized carbons (Fsp3) is 0.545. The van der Waals surface area contributed by atoms with Gasteiger partial charge in [-0.25, -0.2) is 9.97 Å². The Morgan fingerprint density at radius 1 is 1.56 bits per heavy atom. The van der Waals surface area contributed by atoms with Crippen LogP contribution >= 0.6 is 0 Å². The largest absolute Gasteiger partial charge is 0.374 e.